The molecule has 0 saturated carbocycles. The molecule has 0 aliphatic rings. The van der Waals surface area contributed by atoms with Crippen LogP contribution in [0.15, 0.2) is 0 Å². The maximum atomic E-state index is 11.8. The number of alkyl carbamates (subject to hydrolysis) is 1. The second kappa shape index (κ2) is 8.47. The molecule has 20 heavy (non-hydrogen) atoms. The highest BCUT2D eigenvalue weighted by Crippen LogP contribution is 2.09. The summed E-state index contributed by atoms with van der Waals surface area (Å²) in [7, 11) is 0. The summed E-state index contributed by atoms with van der Waals surface area (Å²) >= 11 is 0. The van der Waals surface area contributed by atoms with Crippen LogP contribution in [0.25, 0.3) is 0 Å². The lowest BCUT2D eigenvalue weighted by atomic mass is 10.0. The molecule has 0 spiro atoms. The van der Waals surface area contributed by atoms with Gasteiger partial charge in [-0.05, 0) is 40.0 Å². The highest BCUT2D eigenvalue weighted by molar-refractivity contribution is 5.68. The minimum atomic E-state index is -0.496. The van der Waals surface area contributed by atoms with E-state index in [9.17, 15) is 9.90 Å². The zero-order valence-electron chi connectivity index (χ0n) is 14.0. The molecule has 0 bridgehead atoms. The van der Waals surface area contributed by atoms with Crippen LogP contribution in [0.2, 0.25) is 0 Å². The van der Waals surface area contributed by atoms with E-state index in [1.807, 2.05) is 27.7 Å². The fourth-order valence-electron chi connectivity index (χ4n) is 1.94. The molecule has 3 N–H and O–H groups in total. The Morgan fingerprint density at radius 2 is 1.75 bits per heavy atom. The summed E-state index contributed by atoms with van der Waals surface area (Å²) in [5.74, 6) is 0.336. The first-order chi connectivity index (χ1) is 9.10. The third-order valence-electron chi connectivity index (χ3n) is 3.22. The number of aliphatic hydroxyl groups excluding tert-OH is 1. The lowest BCUT2D eigenvalue weighted by molar-refractivity contribution is 0.0493. The van der Waals surface area contributed by atoms with Crippen LogP contribution in [0.3, 0.4) is 0 Å². The van der Waals surface area contributed by atoms with E-state index in [0.717, 1.165) is 6.42 Å². The first-order valence-electron chi connectivity index (χ1n) is 7.47. The van der Waals surface area contributed by atoms with Crippen molar-refractivity contribution in [3.05, 3.63) is 0 Å². The van der Waals surface area contributed by atoms with Gasteiger partial charge in [-0.1, -0.05) is 20.8 Å². The van der Waals surface area contributed by atoms with E-state index in [1.54, 1.807) is 0 Å². The minimum absolute atomic E-state index is 0.0304. The third-order valence-corrected chi connectivity index (χ3v) is 3.22. The quantitative estimate of drug-likeness (QED) is 0.672. The molecule has 0 aliphatic carbocycles. The van der Waals surface area contributed by atoms with Crippen LogP contribution in [-0.2, 0) is 4.74 Å². The molecule has 5 heteroatoms. The first-order valence-corrected chi connectivity index (χ1v) is 7.47. The van der Waals surface area contributed by atoms with Crippen LogP contribution >= 0.6 is 0 Å². The summed E-state index contributed by atoms with van der Waals surface area (Å²) in [4.78, 5) is 11.8. The maximum Gasteiger partial charge on any atom is 0.407 e. The average Bonchev–Trinajstić information content (AvgIpc) is 2.26. The third kappa shape index (κ3) is 7.70. The Bertz CT molecular complexity index is 287. The summed E-state index contributed by atoms with van der Waals surface area (Å²) in [5.41, 5.74) is -0.496. The van der Waals surface area contributed by atoms with Gasteiger partial charge in [0.25, 0.3) is 0 Å². The number of hydrogen-bond acceptors (Lipinski definition) is 4. The highest BCUT2D eigenvalue weighted by Gasteiger charge is 2.24. The number of aliphatic hydroxyl groups is 1. The highest BCUT2D eigenvalue weighted by atomic mass is 16.6. The van der Waals surface area contributed by atoms with Crippen LogP contribution in [0.4, 0.5) is 4.79 Å². The predicted octanol–water partition coefficient (Wildman–Crippen LogP) is 2.28. The van der Waals surface area contributed by atoms with E-state index in [1.165, 1.54) is 0 Å². The standard InChI is InChI=1S/C15H32N2O3/c1-8-12(17-13(9-18)10(2)3)11(4)16-14(19)20-15(5,6)7/h10-13,17-18H,8-9H2,1-7H3,(H,16,19)/t11-,12+,13+/m0/s1. The number of ether oxygens (including phenoxy) is 1. The van der Waals surface area contributed by atoms with E-state index in [2.05, 4.69) is 31.4 Å². The Hall–Kier alpha value is -0.810. The smallest absolute Gasteiger partial charge is 0.407 e. The van der Waals surface area contributed by atoms with Crippen LogP contribution in [0.5, 0.6) is 0 Å². The van der Waals surface area contributed by atoms with Gasteiger partial charge in [0.05, 0.1) is 6.61 Å². The van der Waals surface area contributed by atoms with Gasteiger partial charge in [0, 0.05) is 18.1 Å². The summed E-state index contributed by atoms with van der Waals surface area (Å²) in [5, 5.41) is 15.6. The average molecular weight is 288 g/mol. The minimum Gasteiger partial charge on any atom is -0.444 e. The van der Waals surface area contributed by atoms with Crippen LogP contribution in [0.1, 0.15) is 54.9 Å². The zero-order valence-corrected chi connectivity index (χ0v) is 14.0. The van der Waals surface area contributed by atoms with E-state index >= 15 is 0 Å². The van der Waals surface area contributed by atoms with Crippen molar-refractivity contribution in [2.24, 2.45) is 5.92 Å². The molecule has 0 saturated heterocycles. The number of carbonyl (C=O) groups is 1. The summed E-state index contributed by atoms with van der Waals surface area (Å²) in [6.07, 6.45) is 0.454. The number of rotatable bonds is 7. The van der Waals surface area contributed by atoms with E-state index in [0.29, 0.717) is 5.92 Å². The molecule has 0 aromatic heterocycles. The fraction of sp³-hybridized carbons (Fsp3) is 0.933. The summed E-state index contributed by atoms with van der Waals surface area (Å²) in [6, 6.07) is 0.0626. The topological polar surface area (TPSA) is 70.6 Å². The van der Waals surface area contributed by atoms with Crippen molar-refractivity contribution in [2.45, 2.75) is 78.6 Å². The SMILES string of the molecule is CC[C@@H](N[C@H](CO)C(C)C)[C@H](C)NC(=O)OC(C)(C)C. The van der Waals surface area contributed by atoms with Gasteiger partial charge in [0.1, 0.15) is 5.60 Å². The fourth-order valence-corrected chi connectivity index (χ4v) is 1.94. The van der Waals surface area contributed by atoms with Crippen molar-refractivity contribution in [1.29, 1.82) is 0 Å². The van der Waals surface area contributed by atoms with Crippen LogP contribution in [0, 0.1) is 5.92 Å². The van der Waals surface area contributed by atoms with Gasteiger partial charge in [0.15, 0.2) is 0 Å². The molecular formula is C15H32N2O3. The lowest BCUT2D eigenvalue weighted by Crippen LogP contribution is -2.53. The Balaban J connectivity index is 4.47. The molecule has 120 valence electrons. The first kappa shape index (κ1) is 19.2. The normalized spacial score (nSPS) is 16.6. The van der Waals surface area contributed by atoms with Gasteiger partial charge in [-0.15, -0.1) is 0 Å². The van der Waals surface area contributed by atoms with Crippen molar-refractivity contribution in [3.8, 4) is 0 Å². The van der Waals surface area contributed by atoms with Crippen molar-refractivity contribution in [3.63, 3.8) is 0 Å². The molecule has 0 aliphatic heterocycles. The Morgan fingerprint density at radius 3 is 2.10 bits per heavy atom. The largest absolute Gasteiger partial charge is 0.444 e. The monoisotopic (exact) mass is 288 g/mol. The summed E-state index contributed by atoms with van der Waals surface area (Å²) < 4.78 is 5.25. The van der Waals surface area contributed by atoms with E-state index in [4.69, 9.17) is 4.74 Å². The zero-order chi connectivity index (χ0) is 15.9. The molecule has 0 unspecified atom stereocenters. The molecule has 1 amide bonds. The second-order valence-electron chi connectivity index (χ2n) is 6.65. The molecule has 0 heterocycles. The van der Waals surface area contributed by atoms with Crippen molar-refractivity contribution in [1.82, 2.24) is 10.6 Å². The maximum absolute atomic E-state index is 11.8. The molecule has 0 rings (SSSR count). The van der Waals surface area contributed by atoms with Gasteiger partial charge in [-0.25, -0.2) is 4.79 Å². The van der Waals surface area contributed by atoms with E-state index in [-0.39, 0.29) is 24.7 Å². The molecule has 0 radical (unpaired) electrons. The lowest BCUT2D eigenvalue weighted by Gasteiger charge is -2.31. The number of carbonyl (C=O) groups excluding carboxylic acids is 1. The summed E-state index contributed by atoms with van der Waals surface area (Å²) in [6.45, 7) is 13.7. The molecular weight excluding hydrogens is 256 g/mol. The Morgan fingerprint density at radius 1 is 1.20 bits per heavy atom. The Kier molecular flexibility index (Phi) is 8.13. The van der Waals surface area contributed by atoms with Gasteiger partial charge in [0.2, 0.25) is 0 Å². The number of amides is 1. The Labute approximate surface area is 123 Å². The van der Waals surface area contributed by atoms with Crippen LogP contribution in [-0.4, -0.2) is 41.5 Å². The van der Waals surface area contributed by atoms with Gasteiger partial charge in [-0.2, -0.15) is 0 Å². The predicted molar refractivity (Wildman–Crippen MR) is 81.8 cm³/mol. The van der Waals surface area contributed by atoms with Gasteiger partial charge < -0.3 is 20.5 Å². The van der Waals surface area contributed by atoms with Crippen LogP contribution < -0.4 is 10.6 Å². The molecule has 0 fully saturated rings. The van der Waals surface area contributed by atoms with Gasteiger partial charge >= 0.3 is 6.09 Å². The van der Waals surface area contributed by atoms with Crippen molar-refractivity contribution < 1.29 is 14.6 Å². The molecule has 0 aromatic rings. The number of nitrogens with one attached hydrogen (secondary N) is 2. The van der Waals surface area contributed by atoms with Gasteiger partial charge in [-0.3, -0.25) is 0 Å². The molecule has 3 atom stereocenters. The second-order valence-corrected chi connectivity index (χ2v) is 6.65. The van der Waals surface area contributed by atoms with Crippen molar-refractivity contribution >= 4 is 6.09 Å². The van der Waals surface area contributed by atoms with Crippen molar-refractivity contribution in [2.75, 3.05) is 6.61 Å². The molecule has 5 nitrogen and oxygen atoms in total. The molecule has 0 aromatic carbocycles. The number of hydrogen-bond donors (Lipinski definition) is 3. The van der Waals surface area contributed by atoms with E-state index < -0.39 is 11.7 Å².